The van der Waals surface area contributed by atoms with Crippen LogP contribution >= 0.6 is 0 Å². The minimum Gasteiger partial charge on any atom is -0.298 e. The Labute approximate surface area is 104 Å². The summed E-state index contributed by atoms with van der Waals surface area (Å²) in [5.74, 6) is -0.0723. The summed E-state index contributed by atoms with van der Waals surface area (Å²) in [6.07, 6.45) is 4.50. The van der Waals surface area contributed by atoms with Gasteiger partial charge < -0.3 is 0 Å². The number of hydrogen-bond donors (Lipinski definition) is 1. The van der Waals surface area contributed by atoms with Crippen LogP contribution in [0.4, 0.5) is 0 Å². The molecule has 0 aromatic rings. The van der Waals surface area contributed by atoms with Gasteiger partial charge >= 0.3 is 0 Å². The van der Waals surface area contributed by atoms with Crippen molar-refractivity contribution in [1.29, 1.82) is 0 Å². The Balaban J connectivity index is 2.52. The van der Waals surface area contributed by atoms with Crippen molar-refractivity contribution >= 4 is 15.8 Å². The first-order valence-corrected chi connectivity index (χ1v) is 7.80. The van der Waals surface area contributed by atoms with E-state index in [1.165, 1.54) is 0 Å². The largest absolute Gasteiger partial charge is 0.298 e. The van der Waals surface area contributed by atoms with Crippen molar-refractivity contribution in [2.75, 3.05) is 6.54 Å². The molecule has 100 valence electrons. The molecular formula is C12H23NO3S. The standard InChI is InChI=1S/C12H23NO3S/c1-12(2,3)11(14)9-13-17(15,16)10-7-5-4-6-8-10/h10,13H,4-9H2,1-3H3. The van der Waals surface area contributed by atoms with Gasteiger partial charge in [0.25, 0.3) is 0 Å². The minimum absolute atomic E-state index is 0.0723. The molecule has 1 rings (SSSR count). The first-order valence-electron chi connectivity index (χ1n) is 6.25. The molecule has 1 aliphatic rings. The fourth-order valence-corrected chi connectivity index (χ4v) is 3.45. The summed E-state index contributed by atoms with van der Waals surface area (Å²) < 4.78 is 26.4. The van der Waals surface area contributed by atoms with E-state index in [0.29, 0.717) is 0 Å². The number of carbonyl (C=O) groups excluding carboxylic acids is 1. The molecule has 0 radical (unpaired) electrons. The van der Waals surface area contributed by atoms with Crippen LogP contribution in [-0.2, 0) is 14.8 Å². The zero-order valence-electron chi connectivity index (χ0n) is 11.0. The molecule has 1 saturated carbocycles. The summed E-state index contributed by atoms with van der Waals surface area (Å²) in [4.78, 5) is 11.7. The lowest BCUT2D eigenvalue weighted by Gasteiger charge is -2.23. The topological polar surface area (TPSA) is 63.2 Å². The van der Waals surface area contributed by atoms with Gasteiger partial charge in [0.15, 0.2) is 5.78 Å². The fraction of sp³-hybridized carbons (Fsp3) is 0.917. The Morgan fingerprint density at radius 1 is 1.18 bits per heavy atom. The summed E-state index contributed by atoms with van der Waals surface area (Å²) in [5.41, 5.74) is -0.491. The Morgan fingerprint density at radius 2 is 1.71 bits per heavy atom. The highest BCUT2D eigenvalue weighted by Crippen LogP contribution is 2.23. The SMILES string of the molecule is CC(C)(C)C(=O)CNS(=O)(=O)C1CCCCC1. The molecule has 1 aliphatic carbocycles. The zero-order valence-corrected chi connectivity index (χ0v) is 11.8. The molecule has 0 aromatic heterocycles. The molecule has 0 heterocycles. The smallest absolute Gasteiger partial charge is 0.214 e. The lowest BCUT2D eigenvalue weighted by molar-refractivity contribution is -0.125. The predicted molar refractivity (Wildman–Crippen MR) is 68.3 cm³/mol. The molecule has 0 spiro atoms. The predicted octanol–water partition coefficient (Wildman–Crippen LogP) is 1.85. The van der Waals surface area contributed by atoms with Crippen molar-refractivity contribution in [3.63, 3.8) is 0 Å². The second kappa shape index (κ2) is 5.48. The van der Waals surface area contributed by atoms with Crippen LogP contribution in [0.3, 0.4) is 0 Å². The van der Waals surface area contributed by atoms with Gasteiger partial charge in [-0.15, -0.1) is 0 Å². The van der Waals surface area contributed by atoms with Crippen LogP contribution in [0.1, 0.15) is 52.9 Å². The van der Waals surface area contributed by atoms with Crippen molar-refractivity contribution in [1.82, 2.24) is 4.72 Å². The molecule has 0 aliphatic heterocycles. The Morgan fingerprint density at radius 3 is 2.18 bits per heavy atom. The molecule has 4 nitrogen and oxygen atoms in total. The lowest BCUT2D eigenvalue weighted by atomic mass is 9.91. The van der Waals surface area contributed by atoms with Crippen LogP contribution in [0, 0.1) is 5.41 Å². The summed E-state index contributed by atoms with van der Waals surface area (Å²) in [6.45, 7) is 5.31. The van der Waals surface area contributed by atoms with Crippen LogP contribution < -0.4 is 4.72 Å². The van der Waals surface area contributed by atoms with Crippen molar-refractivity contribution in [3.05, 3.63) is 0 Å². The third-order valence-electron chi connectivity index (χ3n) is 3.26. The number of rotatable bonds is 4. The average molecular weight is 261 g/mol. The normalized spacial score (nSPS) is 19.2. The van der Waals surface area contributed by atoms with Gasteiger partial charge in [-0.2, -0.15) is 0 Å². The number of Topliss-reactive ketones (excluding diaryl/α,β-unsaturated/α-hetero) is 1. The molecule has 17 heavy (non-hydrogen) atoms. The van der Waals surface area contributed by atoms with E-state index in [2.05, 4.69) is 4.72 Å². The molecule has 0 amide bonds. The Kier molecular flexibility index (Phi) is 4.72. The summed E-state index contributed by atoms with van der Waals surface area (Å²) in [6, 6.07) is 0. The second-order valence-electron chi connectivity index (χ2n) is 5.80. The third kappa shape index (κ3) is 4.39. The summed E-state index contributed by atoms with van der Waals surface area (Å²) in [7, 11) is -3.31. The van der Waals surface area contributed by atoms with Crippen molar-refractivity contribution in [2.45, 2.75) is 58.1 Å². The van der Waals surface area contributed by atoms with Gasteiger partial charge in [0.2, 0.25) is 10.0 Å². The third-order valence-corrected chi connectivity index (χ3v) is 5.16. The maximum atomic E-state index is 12.0. The fourth-order valence-electron chi connectivity index (χ4n) is 1.92. The zero-order chi connectivity index (χ0) is 13.1. The molecule has 0 saturated heterocycles. The molecule has 0 atom stereocenters. The molecule has 0 bridgehead atoms. The number of ketones is 1. The summed E-state index contributed by atoms with van der Waals surface area (Å²) in [5, 5.41) is -0.302. The van der Waals surface area contributed by atoms with Crippen LogP contribution in [0.5, 0.6) is 0 Å². The van der Waals surface area contributed by atoms with E-state index < -0.39 is 15.4 Å². The maximum absolute atomic E-state index is 12.0. The number of hydrogen-bond acceptors (Lipinski definition) is 3. The van der Waals surface area contributed by atoms with E-state index in [9.17, 15) is 13.2 Å². The van der Waals surface area contributed by atoms with E-state index in [4.69, 9.17) is 0 Å². The van der Waals surface area contributed by atoms with E-state index >= 15 is 0 Å². The first kappa shape index (κ1) is 14.6. The monoisotopic (exact) mass is 261 g/mol. The van der Waals surface area contributed by atoms with E-state index in [-0.39, 0.29) is 17.6 Å². The van der Waals surface area contributed by atoms with Crippen LogP contribution in [0.25, 0.3) is 0 Å². The van der Waals surface area contributed by atoms with Crippen LogP contribution in [-0.4, -0.2) is 26.0 Å². The van der Waals surface area contributed by atoms with Crippen LogP contribution in [0.15, 0.2) is 0 Å². The molecule has 0 aromatic carbocycles. The van der Waals surface area contributed by atoms with E-state index in [0.717, 1.165) is 32.1 Å². The average Bonchev–Trinajstić information content (AvgIpc) is 2.26. The van der Waals surface area contributed by atoms with Gasteiger partial charge in [-0.25, -0.2) is 13.1 Å². The first-order chi connectivity index (χ1) is 7.73. The van der Waals surface area contributed by atoms with Crippen molar-refractivity contribution < 1.29 is 13.2 Å². The van der Waals surface area contributed by atoms with E-state index in [1.54, 1.807) is 20.8 Å². The highest BCUT2D eigenvalue weighted by Gasteiger charge is 2.29. The second-order valence-corrected chi connectivity index (χ2v) is 7.84. The van der Waals surface area contributed by atoms with Crippen molar-refractivity contribution in [3.8, 4) is 0 Å². The van der Waals surface area contributed by atoms with Gasteiger partial charge in [0.1, 0.15) is 0 Å². The summed E-state index contributed by atoms with van der Waals surface area (Å²) >= 11 is 0. The highest BCUT2D eigenvalue weighted by molar-refractivity contribution is 7.90. The molecular weight excluding hydrogens is 238 g/mol. The number of sulfonamides is 1. The van der Waals surface area contributed by atoms with Gasteiger partial charge in [0.05, 0.1) is 11.8 Å². The van der Waals surface area contributed by atoms with E-state index in [1.807, 2.05) is 0 Å². The van der Waals surface area contributed by atoms with Gasteiger partial charge in [0, 0.05) is 5.41 Å². The Bertz CT molecular complexity index is 362. The minimum atomic E-state index is -3.31. The van der Waals surface area contributed by atoms with Crippen LogP contribution in [0.2, 0.25) is 0 Å². The van der Waals surface area contributed by atoms with Crippen molar-refractivity contribution in [2.24, 2.45) is 5.41 Å². The molecule has 0 unspecified atom stereocenters. The molecule has 5 heteroatoms. The quantitative estimate of drug-likeness (QED) is 0.840. The van der Waals surface area contributed by atoms with Gasteiger partial charge in [-0.05, 0) is 12.8 Å². The van der Waals surface area contributed by atoms with Gasteiger partial charge in [-0.1, -0.05) is 40.0 Å². The Hall–Kier alpha value is -0.420. The highest BCUT2D eigenvalue weighted by atomic mass is 32.2. The molecule has 1 fully saturated rings. The number of carbonyl (C=O) groups is 1. The lowest BCUT2D eigenvalue weighted by Crippen LogP contribution is -2.41. The van der Waals surface area contributed by atoms with Gasteiger partial charge in [-0.3, -0.25) is 4.79 Å². The molecule has 1 N–H and O–H groups in total. The maximum Gasteiger partial charge on any atom is 0.214 e. The number of nitrogens with one attached hydrogen (secondary N) is 1.